The van der Waals surface area contributed by atoms with E-state index in [1.165, 1.54) is 11.8 Å². The maximum atomic E-state index is 14.3. The molecule has 0 aliphatic carbocycles. The Balaban J connectivity index is 1.75. The van der Waals surface area contributed by atoms with Crippen LogP contribution in [0, 0.1) is 6.92 Å². The Morgan fingerprint density at radius 2 is 1.60 bits per heavy atom. The summed E-state index contributed by atoms with van der Waals surface area (Å²) in [6.07, 6.45) is 0.994. The third-order valence-electron chi connectivity index (χ3n) is 7.50. The largest absolute Gasteiger partial charge is 0.486 e. The first-order chi connectivity index (χ1) is 20.6. The minimum absolute atomic E-state index is 0.101. The molecule has 10 heteroatoms. The third-order valence-corrected chi connectivity index (χ3v) is 9.24. The summed E-state index contributed by atoms with van der Waals surface area (Å²) in [5.74, 6) is -0.0638. The van der Waals surface area contributed by atoms with Crippen molar-refractivity contribution in [1.29, 1.82) is 0 Å². The van der Waals surface area contributed by atoms with Crippen LogP contribution >= 0.6 is 0 Å². The molecule has 9 nitrogen and oxygen atoms in total. The summed E-state index contributed by atoms with van der Waals surface area (Å²) in [4.78, 5) is 29.7. The lowest BCUT2D eigenvalue weighted by atomic mass is 10.0. The van der Waals surface area contributed by atoms with Crippen molar-refractivity contribution in [3.63, 3.8) is 0 Å². The van der Waals surface area contributed by atoms with E-state index in [-0.39, 0.29) is 30.7 Å². The van der Waals surface area contributed by atoms with Crippen LogP contribution in [-0.2, 0) is 32.6 Å². The molecule has 0 radical (unpaired) electrons. The van der Waals surface area contributed by atoms with Crippen LogP contribution in [0.25, 0.3) is 0 Å². The number of aryl methyl sites for hydroxylation is 1. The van der Waals surface area contributed by atoms with Crippen LogP contribution in [0.4, 0.5) is 5.69 Å². The summed E-state index contributed by atoms with van der Waals surface area (Å²) in [5.41, 5.74) is 3.03. The summed E-state index contributed by atoms with van der Waals surface area (Å²) in [6, 6.07) is 21.1. The smallest absolute Gasteiger partial charge is 0.244 e. The number of fused-ring (bicyclic) bond motifs is 1. The van der Waals surface area contributed by atoms with Gasteiger partial charge in [-0.25, -0.2) is 8.42 Å². The van der Waals surface area contributed by atoms with Crippen LogP contribution < -0.4 is 19.1 Å². The van der Waals surface area contributed by atoms with Crippen molar-refractivity contribution in [2.75, 3.05) is 29.8 Å². The lowest BCUT2D eigenvalue weighted by Gasteiger charge is -2.34. The average Bonchev–Trinajstić information content (AvgIpc) is 3.01. The normalized spacial score (nSPS) is 14.0. The van der Waals surface area contributed by atoms with Crippen molar-refractivity contribution >= 4 is 27.5 Å². The van der Waals surface area contributed by atoms with Crippen molar-refractivity contribution in [3.05, 3.63) is 89.5 Å². The molecule has 3 aromatic carbocycles. The molecule has 0 fully saturated rings. The fourth-order valence-electron chi connectivity index (χ4n) is 4.91. The minimum Gasteiger partial charge on any atom is -0.486 e. The maximum Gasteiger partial charge on any atom is 0.244 e. The number of nitrogens with zero attached hydrogens (tertiary/aromatic N) is 2. The molecule has 2 amide bonds. The first kappa shape index (κ1) is 31.9. The van der Waals surface area contributed by atoms with E-state index in [0.717, 1.165) is 27.4 Å². The van der Waals surface area contributed by atoms with E-state index < -0.39 is 28.5 Å². The van der Waals surface area contributed by atoms with E-state index in [2.05, 4.69) is 5.32 Å². The number of carbonyl (C=O) groups is 2. The monoisotopic (exact) mass is 607 g/mol. The van der Waals surface area contributed by atoms with Gasteiger partial charge in [-0.1, -0.05) is 67.1 Å². The number of benzene rings is 3. The SMILES string of the molecule is CCC(C)NC(=O)C(Cc1ccccc1)N(Cc1cccc(C)c1)C(=O)CN(c1ccc2c(c1)OCCO2)S(=O)(=O)CC. The number of amides is 2. The van der Waals surface area contributed by atoms with Crippen LogP contribution in [0.2, 0.25) is 0 Å². The lowest BCUT2D eigenvalue weighted by Crippen LogP contribution is -2.54. The van der Waals surface area contributed by atoms with Crippen molar-refractivity contribution in [3.8, 4) is 11.5 Å². The molecule has 0 spiro atoms. The van der Waals surface area contributed by atoms with E-state index in [4.69, 9.17) is 9.47 Å². The molecule has 1 aliphatic heterocycles. The van der Waals surface area contributed by atoms with Crippen molar-refractivity contribution < 1.29 is 27.5 Å². The topological polar surface area (TPSA) is 105 Å². The number of anilines is 1. The van der Waals surface area contributed by atoms with Gasteiger partial charge in [0.1, 0.15) is 25.8 Å². The predicted octanol–water partition coefficient (Wildman–Crippen LogP) is 4.48. The van der Waals surface area contributed by atoms with Crippen molar-refractivity contribution in [2.45, 2.75) is 59.2 Å². The molecule has 2 atom stereocenters. The lowest BCUT2D eigenvalue weighted by molar-refractivity contribution is -0.140. The summed E-state index contributed by atoms with van der Waals surface area (Å²) in [7, 11) is -3.89. The molecule has 0 saturated carbocycles. The number of ether oxygens (including phenoxy) is 2. The van der Waals surface area contributed by atoms with E-state index in [1.807, 2.05) is 75.4 Å². The zero-order chi connectivity index (χ0) is 31.0. The first-order valence-electron chi connectivity index (χ1n) is 14.7. The molecule has 1 heterocycles. The van der Waals surface area contributed by atoms with Crippen LogP contribution in [-0.4, -0.2) is 62.7 Å². The highest BCUT2D eigenvalue weighted by Gasteiger charge is 2.34. The standard InChI is InChI=1S/C33H41N3O6S/c1-5-25(4)34-33(38)29(20-26-12-8-7-9-13-26)35(22-27-14-10-11-24(3)19-27)32(37)23-36(43(39,40)6-2)28-15-16-30-31(21-28)42-18-17-41-30/h7-16,19,21,25,29H,5-6,17-18,20,22-23H2,1-4H3,(H,34,38). The van der Waals surface area contributed by atoms with E-state index in [9.17, 15) is 18.0 Å². The first-order valence-corrected chi connectivity index (χ1v) is 16.3. The molecular weight excluding hydrogens is 566 g/mol. The van der Waals surface area contributed by atoms with Gasteiger partial charge in [-0.05, 0) is 50.5 Å². The number of hydrogen-bond acceptors (Lipinski definition) is 6. The van der Waals surface area contributed by atoms with Gasteiger partial charge in [0, 0.05) is 25.1 Å². The highest BCUT2D eigenvalue weighted by Crippen LogP contribution is 2.35. The van der Waals surface area contributed by atoms with Gasteiger partial charge in [-0.3, -0.25) is 13.9 Å². The quantitative estimate of drug-likeness (QED) is 0.307. The molecule has 0 aromatic heterocycles. The van der Waals surface area contributed by atoms with Gasteiger partial charge >= 0.3 is 0 Å². The number of nitrogens with one attached hydrogen (secondary N) is 1. The summed E-state index contributed by atoms with van der Waals surface area (Å²) < 4.78 is 39.2. The summed E-state index contributed by atoms with van der Waals surface area (Å²) >= 11 is 0. The molecular formula is C33H41N3O6S. The highest BCUT2D eigenvalue weighted by atomic mass is 32.2. The zero-order valence-corrected chi connectivity index (χ0v) is 26.1. The minimum atomic E-state index is -3.89. The van der Waals surface area contributed by atoms with Crippen molar-refractivity contribution in [1.82, 2.24) is 10.2 Å². The van der Waals surface area contributed by atoms with Crippen LogP contribution in [0.3, 0.4) is 0 Å². The van der Waals surface area contributed by atoms with Gasteiger partial charge in [0.15, 0.2) is 11.5 Å². The average molecular weight is 608 g/mol. The molecule has 4 rings (SSSR count). The van der Waals surface area contributed by atoms with Gasteiger partial charge in [-0.15, -0.1) is 0 Å². The Morgan fingerprint density at radius 1 is 0.907 bits per heavy atom. The molecule has 0 bridgehead atoms. The van der Waals surface area contributed by atoms with E-state index in [1.54, 1.807) is 18.2 Å². The van der Waals surface area contributed by atoms with Gasteiger partial charge in [-0.2, -0.15) is 0 Å². The maximum absolute atomic E-state index is 14.3. The van der Waals surface area contributed by atoms with Gasteiger partial charge in [0.25, 0.3) is 0 Å². The second-order valence-corrected chi connectivity index (χ2v) is 13.0. The Labute approximate surface area is 254 Å². The molecule has 0 saturated heterocycles. The molecule has 2 unspecified atom stereocenters. The predicted molar refractivity (Wildman–Crippen MR) is 168 cm³/mol. The second kappa shape index (κ2) is 14.4. The van der Waals surface area contributed by atoms with E-state index >= 15 is 0 Å². The third kappa shape index (κ3) is 8.28. The summed E-state index contributed by atoms with van der Waals surface area (Å²) in [6.45, 7) is 7.78. The Bertz CT molecular complexity index is 1510. The van der Waals surface area contributed by atoms with Gasteiger partial charge in [0.2, 0.25) is 21.8 Å². The number of sulfonamides is 1. The van der Waals surface area contributed by atoms with Crippen molar-refractivity contribution in [2.24, 2.45) is 0 Å². The Kier molecular flexibility index (Phi) is 10.7. The number of carbonyl (C=O) groups excluding carboxylic acids is 2. The molecule has 1 aliphatic rings. The Morgan fingerprint density at radius 3 is 2.28 bits per heavy atom. The Hall–Kier alpha value is -4.05. The van der Waals surface area contributed by atoms with Gasteiger partial charge in [0.05, 0.1) is 11.4 Å². The fourth-order valence-corrected chi connectivity index (χ4v) is 5.96. The van der Waals surface area contributed by atoms with Crippen LogP contribution in [0.5, 0.6) is 11.5 Å². The zero-order valence-electron chi connectivity index (χ0n) is 25.3. The second-order valence-electron chi connectivity index (χ2n) is 10.8. The summed E-state index contributed by atoms with van der Waals surface area (Å²) in [5, 5.41) is 3.05. The van der Waals surface area contributed by atoms with Crippen LogP contribution in [0.15, 0.2) is 72.8 Å². The molecule has 3 aromatic rings. The molecule has 230 valence electrons. The van der Waals surface area contributed by atoms with E-state index in [0.29, 0.717) is 30.4 Å². The highest BCUT2D eigenvalue weighted by molar-refractivity contribution is 7.92. The van der Waals surface area contributed by atoms with Gasteiger partial charge < -0.3 is 19.7 Å². The molecule has 1 N–H and O–H groups in total. The number of rotatable bonds is 13. The number of hydrogen-bond donors (Lipinski definition) is 1. The molecule has 43 heavy (non-hydrogen) atoms. The fraction of sp³-hybridized carbons (Fsp3) is 0.394. The van der Waals surface area contributed by atoms with Crippen LogP contribution in [0.1, 0.15) is 43.9 Å².